The standard InChI is InChI=1S/C11H14ClFN2O/c1-14-11(16)4-5-15-7-8-6-9(12)2-3-10(8)13/h2-3,6,15H,4-5,7H2,1H3,(H,14,16). The molecule has 88 valence electrons. The van der Waals surface area contributed by atoms with Crippen LogP contribution in [0.4, 0.5) is 4.39 Å². The van der Waals surface area contributed by atoms with Crippen LogP contribution in [0.15, 0.2) is 18.2 Å². The number of hydrogen-bond acceptors (Lipinski definition) is 2. The van der Waals surface area contributed by atoms with Gasteiger partial charge in [-0.3, -0.25) is 4.79 Å². The summed E-state index contributed by atoms with van der Waals surface area (Å²) in [5.74, 6) is -0.337. The predicted molar refractivity (Wildman–Crippen MR) is 61.8 cm³/mol. The topological polar surface area (TPSA) is 41.1 Å². The molecule has 0 bridgehead atoms. The summed E-state index contributed by atoms with van der Waals surface area (Å²) in [6.07, 6.45) is 0.374. The zero-order chi connectivity index (χ0) is 12.0. The summed E-state index contributed by atoms with van der Waals surface area (Å²) in [7, 11) is 1.58. The van der Waals surface area contributed by atoms with E-state index in [4.69, 9.17) is 11.6 Å². The summed E-state index contributed by atoms with van der Waals surface area (Å²) in [5, 5.41) is 5.99. The second kappa shape index (κ2) is 6.45. The van der Waals surface area contributed by atoms with Crippen LogP contribution in [-0.4, -0.2) is 19.5 Å². The average molecular weight is 245 g/mol. The number of carbonyl (C=O) groups excluding carboxylic acids is 1. The maximum atomic E-state index is 13.2. The molecule has 0 aliphatic carbocycles. The molecule has 5 heteroatoms. The lowest BCUT2D eigenvalue weighted by Crippen LogP contribution is -2.24. The molecule has 1 aromatic rings. The van der Waals surface area contributed by atoms with Crippen LogP contribution in [-0.2, 0) is 11.3 Å². The molecular formula is C11H14ClFN2O. The molecule has 0 spiro atoms. The van der Waals surface area contributed by atoms with Crippen molar-refractivity contribution in [3.05, 3.63) is 34.6 Å². The summed E-state index contributed by atoms with van der Waals surface area (Å²) in [5.41, 5.74) is 0.504. The van der Waals surface area contributed by atoms with Gasteiger partial charge >= 0.3 is 0 Å². The number of rotatable bonds is 5. The third-order valence-corrected chi connectivity index (χ3v) is 2.37. The first-order valence-corrected chi connectivity index (χ1v) is 5.36. The van der Waals surface area contributed by atoms with Crippen LogP contribution in [0.1, 0.15) is 12.0 Å². The minimum atomic E-state index is -0.295. The van der Waals surface area contributed by atoms with Gasteiger partial charge in [0.15, 0.2) is 0 Å². The lowest BCUT2D eigenvalue weighted by atomic mass is 10.2. The Morgan fingerprint density at radius 3 is 2.94 bits per heavy atom. The minimum Gasteiger partial charge on any atom is -0.359 e. The molecule has 16 heavy (non-hydrogen) atoms. The monoisotopic (exact) mass is 244 g/mol. The fraction of sp³-hybridized carbons (Fsp3) is 0.364. The van der Waals surface area contributed by atoms with E-state index in [2.05, 4.69) is 10.6 Å². The highest BCUT2D eigenvalue weighted by Crippen LogP contribution is 2.14. The van der Waals surface area contributed by atoms with E-state index in [-0.39, 0.29) is 11.7 Å². The first kappa shape index (κ1) is 12.9. The highest BCUT2D eigenvalue weighted by Gasteiger charge is 2.03. The van der Waals surface area contributed by atoms with Gasteiger partial charge in [-0.15, -0.1) is 0 Å². The second-order valence-electron chi connectivity index (χ2n) is 3.34. The molecule has 0 aliphatic rings. The normalized spacial score (nSPS) is 10.2. The molecule has 0 aromatic heterocycles. The molecule has 0 aliphatic heterocycles. The van der Waals surface area contributed by atoms with Gasteiger partial charge in [-0.2, -0.15) is 0 Å². The molecule has 0 saturated carbocycles. The third kappa shape index (κ3) is 4.16. The van der Waals surface area contributed by atoms with Gasteiger partial charge in [-0.05, 0) is 18.2 Å². The van der Waals surface area contributed by atoms with Crippen molar-refractivity contribution in [3.63, 3.8) is 0 Å². The van der Waals surface area contributed by atoms with Crippen molar-refractivity contribution < 1.29 is 9.18 Å². The zero-order valence-electron chi connectivity index (χ0n) is 9.02. The largest absolute Gasteiger partial charge is 0.359 e. The van der Waals surface area contributed by atoms with Gasteiger partial charge in [-0.1, -0.05) is 11.6 Å². The predicted octanol–water partition coefficient (Wildman–Crippen LogP) is 1.70. The van der Waals surface area contributed by atoms with Crippen LogP contribution in [0, 0.1) is 5.82 Å². The summed E-state index contributed by atoms with van der Waals surface area (Å²) in [6.45, 7) is 0.870. The van der Waals surface area contributed by atoms with E-state index in [0.29, 0.717) is 30.1 Å². The number of carbonyl (C=O) groups is 1. The molecule has 1 aromatic carbocycles. The molecule has 2 N–H and O–H groups in total. The lowest BCUT2D eigenvalue weighted by molar-refractivity contribution is -0.120. The van der Waals surface area contributed by atoms with Crippen molar-refractivity contribution in [2.24, 2.45) is 0 Å². The first-order chi connectivity index (χ1) is 7.63. The number of hydrogen-bond donors (Lipinski definition) is 2. The molecule has 0 radical (unpaired) electrons. The van der Waals surface area contributed by atoms with Crippen LogP contribution in [0.5, 0.6) is 0 Å². The van der Waals surface area contributed by atoms with Crippen molar-refractivity contribution >= 4 is 17.5 Å². The van der Waals surface area contributed by atoms with Crippen molar-refractivity contribution in [1.29, 1.82) is 0 Å². The Balaban J connectivity index is 2.37. The molecule has 0 fully saturated rings. The van der Waals surface area contributed by atoms with Crippen molar-refractivity contribution in [2.45, 2.75) is 13.0 Å². The number of halogens is 2. The molecular weight excluding hydrogens is 231 g/mol. The summed E-state index contributed by atoms with van der Waals surface area (Å²) >= 11 is 5.74. The van der Waals surface area contributed by atoms with E-state index in [9.17, 15) is 9.18 Å². The maximum Gasteiger partial charge on any atom is 0.221 e. The molecule has 0 unspecified atom stereocenters. The second-order valence-corrected chi connectivity index (χ2v) is 3.77. The fourth-order valence-electron chi connectivity index (χ4n) is 1.23. The fourth-order valence-corrected chi connectivity index (χ4v) is 1.42. The van der Waals surface area contributed by atoms with E-state index >= 15 is 0 Å². The summed E-state index contributed by atoms with van der Waals surface area (Å²) < 4.78 is 13.2. The molecule has 0 atom stereocenters. The van der Waals surface area contributed by atoms with Crippen LogP contribution in [0.25, 0.3) is 0 Å². The Kier molecular flexibility index (Phi) is 5.22. The number of amides is 1. The highest BCUT2D eigenvalue weighted by molar-refractivity contribution is 6.30. The van der Waals surface area contributed by atoms with Crippen LogP contribution in [0.2, 0.25) is 5.02 Å². The van der Waals surface area contributed by atoms with E-state index in [0.717, 1.165) is 0 Å². The zero-order valence-corrected chi connectivity index (χ0v) is 9.77. The Labute approximate surface area is 99.0 Å². The maximum absolute atomic E-state index is 13.2. The van der Waals surface area contributed by atoms with E-state index in [1.807, 2.05) is 0 Å². The minimum absolute atomic E-state index is 0.0425. The van der Waals surface area contributed by atoms with Gasteiger partial charge in [0, 0.05) is 37.1 Å². The van der Waals surface area contributed by atoms with Gasteiger partial charge < -0.3 is 10.6 Å². The number of nitrogens with one attached hydrogen (secondary N) is 2. The van der Waals surface area contributed by atoms with Gasteiger partial charge in [0.05, 0.1) is 0 Å². The summed E-state index contributed by atoms with van der Waals surface area (Å²) in [6, 6.07) is 4.41. The van der Waals surface area contributed by atoms with Crippen LogP contribution < -0.4 is 10.6 Å². The van der Waals surface area contributed by atoms with Gasteiger partial charge in [0.25, 0.3) is 0 Å². The van der Waals surface area contributed by atoms with Crippen molar-refractivity contribution in [2.75, 3.05) is 13.6 Å². The molecule has 3 nitrogen and oxygen atoms in total. The average Bonchev–Trinajstić information content (AvgIpc) is 2.28. The van der Waals surface area contributed by atoms with Gasteiger partial charge in [-0.25, -0.2) is 4.39 Å². The molecule has 1 amide bonds. The third-order valence-electron chi connectivity index (χ3n) is 2.13. The smallest absolute Gasteiger partial charge is 0.221 e. The van der Waals surface area contributed by atoms with Crippen molar-refractivity contribution in [1.82, 2.24) is 10.6 Å². The molecule has 0 heterocycles. The molecule has 1 rings (SSSR count). The van der Waals surface area contributed by atoms with Crippen LogP contribution >= 0.6 is 11.6 Å². The van der Waals surface area contributed by atoms with E-state index < -0.39 is 0 Å². The van der Waals surface area contributed by atoms with Gasteiger partial charge in [0.1, 0.15) is 5.82 Å². The SMILES string of the molecule is CNC(=O)CCNCc1cc(Cl)ccc1F. The van der Waals surface area contributed by atoms with E-state index in [1.54, 1.807) is 13.1 Å². The Morgan fingerprint density at radius 1 is 1.50 bits per heavy atom. The lowest BCUT2D eigenvalue weighted by Gasteiger charge is -2.06. The Hall–Kier alpha value is -1.13. The number of benzene rings is 1. The first-order valence-electron chi connectivity index (χ1n) is 4.98. The Morgan fingerprint density at radius 2 is 2.25 bits per heavy atom. The highest BCUT2D eigenvalue weighted by atomic mass is 35.5. The quantitative estimate of drug-likeness (QED) is 0.775. The molecule has 0 saturated heterocycles. The summed E-state index contributed by atoms with van der Waals surface area (Å²) in [4.78, 5) is 10.9. The van der Waals surface area contributed by atoms with Gasteiger partial charge in [0.2, 0.25) is 5.91 Å². The Bertz CT molecular complexity index is 371. The van der Waals surface area contributed by atoms with Crippen LogP contribution in [0.3, 0.4) is 0 Å². The van der Waals surface area contributed by atoms with E-state index in [1.165, 1.54) is 12.1 Å². The van der Waals surface area contributed by atoms with Crippen molar-refractivity contribution in [3.8, 4) is 0 Å².